The Bertz CT molecular complexity index is 420. The smallest absolute Gasteiger partial charge is 0.343 e. The van der Waals surface area contributed by atoms with Crippen LogP contribution in [0.2, 0.25) is 0 Å². The van der Waals surface area contributed by atoms with E-state index in [2.05, 4.69) is 5.10 Å². The number of aromatic amines is 1. The maximum absolute atomic E-state index is 11.0. The molecular weight excluding hydrogens is 206 g/mol. The van der Waals surface area contributed by atoms with Crippen molar-refractivity contribution in [3.05, 3.63) is 16.8 Å². The van der Waals surface area contributed by atoms with Crippen LogP contribution in [-0.4, -0.2) is 36.9 Å². The van der Waals surface area contributed by atoms with Crippen molar-refractivity contribution in [1.29, 1.82) is 0 Å². The van der Waals surface area contributed by atoms with Crippen LogP contribution >= 0.6 is 0 Å². The van der Waals surface area contributed by atoms with Gasteiger partial charge < -0.3 is 10.2 Å². The van der Waals surface area contributed by atoms with Gasteiger partial charge in [-0.15, -0.1) is 0 Å². The van der Waals surface area contributed by atoms with Crippen molar-refractivity contribution in [2.45, 2.75) is 18.9 Å². The van der Waals surface area contributed by atoms with Gasteiger partial charge in [-0.3, -0.25) is 9.36 Å². The van der Waals surface area contributed by atoms with Gasteiger partial charge in [-0.2, -0.15) is 5.10 Å². The number of hydrogen-bond donors (Lipinski definition) is 3. The van der Waals surface area contributed by atoms with E-state index in [9.17, 15) is 14.4 Å². The fourth-order valence-electron chi connectivity index (χ4n) is 1.12. The first kappa shape index (κ1) is 11.0. The molecule has 0 spiro atoms. The number of aromatic nitrogens is 3. The molecule has 1 unspecified atom stereocenters. The highest BCUT2D eigenvalue weighted by Gasteiger charge is 2.22. The third-order valence-corrected chi connectivity index (χ3v) is 1.83. The van der Waals surface area contributed by atoms with Gasteiger partial charge in [0.25, 0.3) is 0 Å². The summed E-state index contributed by atoms with van der Waals surface area (Å²) in [5, 5.41) is 22.6. The molecule has 0 aliphatic heterocycles. The summed E-state index contributed by atoms with van der Waals surface area (Å²) in [6, 6.07) is -1.20. The SMILES string of the molecule is O=C(O)CCC(C(=O)O)n1cn[nH]c1=O. The quantitative estimate of drug-likeness (QED) is 0.582. The lowest BCUT2D eigenvalue weighted by molar-refractivity contribution is -0.142. The Morgan fingerprint density at radius 2 is 2.20 bits per heavy atom. The molecule has 1 rings (SSSR count). The van der Waals surface area contributed by atoms with Crippen LogP contribution in [-0.2, 0) is 9.59 Å². The standard InChI is InChI=1S/C7H9N3O5/c11-5(12)2-1-4(6(13)14)10-3-8-9-7(10)15/h3-4H,1-2H2,(H,9,15)(H,11,12)(H,13,14). The van der Waals surface area contributed by atoms with E-state index < -0.39 is 23.7 Å². The van der Waals surface area contributed by atoms with E-state index >= 15 is 0 Å². The van der Waals surface area contributed by atoms with Crippen molar-refractivity contribution >= 4 is 11.9 Å². The number of nitrogens with zero attached hydrogens (tertiary/aromatic N) is 2. The minimum absolute atomic E-state index is 0.163. The first-order chi connectivity index (χ1) is 7.02. The molecule has 0 aliphatic rings. The molecule has 1 heterocycles. The van der Waals surface area contributed by atoms with E-state index in [4.69, 9.17) is 10.2 Å². The van der Waals surface area contributed by atoms with E-state index in [1.807, 2.05) is 5.10 Å². The molecule has 0 saturated carbocycles. The van der Waals surface area contributed by atoms with E-state index in [0.717, 1.165) is 10.9 Å². The van der Waals surface area contributed by atoms with Gasteiger partial charge in [0.15, 0.2) is 0 Å². The number of carboxylic acids is 2. The predicted octanol–water partition coefficient (Wildman–Crippen LogP) is -0.938. The second-order valence-corrected chi connectivity index (χ2v) is 2.86. The molecule has 82 valence electrons. The fourth-order valence-corrected chi connectivity index (χ4v) is 1.12. The first-order valence-electron chi connectivity index (χ1n) is 4.08. The van der Waals surface area contributed by atoms with Crippen LogP contribution in [0.4, 0.5) is 0 Å². The van der Waals surface area contributed by atoms with Gasteiger partial charge in [-0.1, -0.05) is 0 Å². The van der Waals surface area contributed by atoms with Gasteiger partial charge in [-0.25, -0.2) is 14.7 Å². The Labute approximate surface area is 83.2 Å². The third kappa shape index (κ3) is 2.66. The summed E-state index contributed by atoms with van der Waals surface area (Å²) in [7, 11) is 0. The molecule has 0 fully saturated rings. The van der Waals surface area contributed by atoms with Crippen LogP contribution in [0.3, 0.4) is 0 Å². The normalized spacial score (nSPS) is 12.3. The summed E-state index contributed by atoms with van der Waals surface area (Å²) in [6.45, 7) is 0. The average molecular weight is 215 g/mol. The van der Waals surface area contributed by atoms with E-state index in [0.29, 0.717) is 0 Å². The summed E-state index contributed by atoms with van der Waals surface area (Å²) in [6.07, 6.45) is 0.543. The largest absolute Gasteiger partial charge is 0.481 e. The van der Waals surface area contributed by atoms with Crippen molar-refractivity contribution < 1.29 is 19.8 Å². The van der Waals surface area contributed by atoms with Crippen molar-refractivity contribution in [2.75, 3.05) is 0 Å². The number of nitrogens with one attached hydrogen (secondary N) is 1. The molecule has 0 aromatic carbocycles. The van der Waals surface area contributed by atoms with Crippen molar-refractivity contribution in [3.8, 4) is 0 Å². The van der Waals surface area contributed by atoms with Crippen molar-refractivity contribution in [3.63, 3.8) is 0 Å². The lowest BCUT2D eigenvalue weighted by Gasteiger charge is -2.10. The number of carbonyl (C=O) groups is 2. The van der Waals surface area contributed by atoms with Gasteiger partial charge >= 0.3 is 17.6 Å². The zero-order valence-electron chi connectivity index (χ0n) is 7.58. The zero-order chi connectivity index (χ0) is 11.4. The number of H-pyrrole nitrogens is 1. The van der Waals surface area contributed by atoms with Crippen molar-refractivity contribution in [1.82, 2.24) is 14.8 Å². The highest BCUT2D eigenvalue weighted by molar-refractivity contribution is 5.73. The molecule has 0 amide bonds. The van der Waals surface area contributed by atoms with Crippen LogP contribution < -0.4 is 5.69 Å². The molecule has 0 radical (unpaired) electrons. The molecule has 1 aromatic heterocycles. The lowest BCUT2D eigenvalue weighted by atomic mass is 10.1. The van der Waals surface area contributed by atoms with Gasteiger partial charge in [0.1, 0.15) is 12.4 Å². The fraction of sp³-hybridized carbons (Fsp3) is 0.429. The third-order valence-electron chi connectivity index (χ3n) is 1.83. The Morgan fingerprint density at radius 3 is 2.60 bits per heavy atom. The molecule has 0 bridgehead atoms. The highest BCUT2D eigenvalue weighted by Crippen LogP contribution is 2.11. The van der Waals surface area contributed by atoms with Gasteiger partial charge in [0, 0.05) is 6.42 Å². The molecule has 0 aliphatic carbocycles. The molecule has 8 nitrogen and oxygen atoms in total. The van der Waals surface area contributed by atoms with Gasteiger partial charge in [-0.05, 0) is 6.42 Å². The molecule has 0 saturated heterocycles. The van der Waals surface area contributed by atoms with E-state index in [1.165, 1.54) is 0 Å². The summed E-state index contributed by atoms with van der Waals surface area (Å²) >= 11 is 0. The van der Waals surface area contributed by atoms with Crippen LogP contribution in [0.25, 0.3) is 0 Å². The summed E-state index contributed by atoms with van der Waals surface area (Å²) in [5.74, 6) is -2.38. The monoisotopic (exact) mass is 215 g/mol. The summed E-state index contributed by atoms with van der Waals surface area (Å²) < 4.78 is 0.852. The van der Waals surface area contributed by atoms with Crippen molar-refractivity contribution in [2.24, 2.45) is 0 Å². The molecule has 15 heavy (non-hydrogen) atoms. The summed E-state index contributed by atoms with van der Waals surface area (Å²) in [4.78, 5) is 32.1. The van der Waals surface area contributed by atoms with E-state index in [1.54, 1.807) is 0 Å². The number of hydrogen-bond acceptors (Lipinski definition) is 4. The highest BCUT2D eigenvalue weighted by atomic mass is 16.4. The molecular formula is C7H9N3O5. The van der Waals surface area contributed by atoms with Gasteiger partial charge in [0.2, 0.25) is 0 Å². The maximum Gasteiger partial charge on any atom is 0.343 e. The minimum Gasteiger partial charge on any atom is -0.481 e. The van der Waals surface area contributed by atoms with Crippen LogP contribution in [0, 0.1) is 0 Å². The van der Waals surface area contributed by atoms with Crippen LogP contribution in [0.5, 0.6) is 0 Å². The van der Waals surface area contributed by atoms with E-state index in [-0.39, 0.29) is 12.8 Å². The van der Waals surface area contributed by atoms with Crippen LogP contribution in [0.15, 0.2) is 11.1 Å². The average Bonchev–Trinajstić information content (AvgIpc) is 2.51. The number of carboxylic acid groups (broad SMARTS) is 2. The zero-order valence-corrected chi connectivity index (χ0v) is 7.58. The second-order valence-electron chi connectivity index (χ2n) is 2.86. The second kappa shape index (κ2) is 4.40. The first-order valence-corrected chi connectivity index (χ1v) is 4.08. The van der Waals surface area contributed by atoms with Crippen LogP contribution in [0.1, 0.15) is 18.9 Å². The number of aliphatic carboxylic acids is 2. The molecule has 3 N–H and O–H groups in total. The topological polar surface area (TPSA) is 125 Å². The lowest BCUT2D eigenvalue weighted by Crippen LogP contribution is -2.28. The Kier molecular flexibility index (Phi) is 3.21. The Balaban J connectivity index is 2.84. The predicted molar refractivity (Wildman–Crippen MR) is 46.4 cm³/mol. The number of rotatable bonds is 5. The maximum atomic E-state index is 11.0. The Hall–Kier alpha value is -2.12. The molecule has 8 heteroatoms. The van der Waals surface area contributed by atoms with Gasteiger partial charge in [0.05, 0.1) is 0 Å². The molecule has 1 aromatic rings. The Morgan fingerprint density at radius 1 is 1.53 bits per heavy atom. The summed E-state index contributed by atoms with van der Waals surface area (Å²) in [5.41, 5.74) is -0.673. The molecule has 1 atom stereocenters. The minimum atomic E-state index is -1.26.